The molecular weight excluding hydrogens is 377 g/mol. The maximum absolute atomic E-state index is 14.0. The summed E-state index contributed by atoms with van der Waals surface area (Å²) < 4.78 is 97.0. The van der Waals surface area contributed by atoms with Crippen molar-refractivity contribution in [1.29, 1.82) is 0 Å². The highest BCUT2D eigenvalue weighted by molar-refractivity contribution is 5.55. The molecule has 0 aliphatic carbocycles. The molecule has 0 amide bonds. The molecule has 3 rings (SSSR count). The topological polar surface area (TPSA) is 71.7 Å². The molecule has 0 unspecified atom stereocenters. The normalized spacial score (nSPS) is 22.0. The summed E-state index contributed by atoms with van der Waals surface area (Å²) in [6, 6.07) is -0.682. The van der Waals surface area contributed by atoms with Crippen LogP contribution in [0, 0.1) is 5.82 Å². The molecule has 1 aliphatic heterocycles. The number of anilines is 1. The predicted molar refractivity (Wildman–Crippen MR) is 71.8 cm³/mol. The van der Waals surface area contributed by atoms with Gasteiger partial charge in [-0.05, 0) is 6.42 Å². The Hall–Kier alpha value is -2.15. The molecule has 6 nitrogen and oxygen atoms in total. The Morgan fingerprint density at radius 1 is 1.19 bits per heavy atom. The van der Waals surface area contributed by atoms with E-state index in [0.717, 1.165) is 0 Å². The maximum Gasteiger partial charge on any atom is 0.434 e. The number of aliphatic hydroxyl groups is 1. The third-order valence-electron chi connectivity index (χ3n) is 3.82. The van der Waals surface area contributed by atoms with Crippen LogP contribution in [-0.2, 0) is 17.1 Å². The lowest BCUT2D eigenvalue weighted by Crippen LogP contribution is -2.42. The van der Waals surface area contributed by atoms with Crippen molar-refractivity contribution in [3.63, 3.8) is 0 Å². The van der Waals surface area contributed by atoms with E-state index < -0.39 is 53.0 Å². The van der Waals surface area contributed by atoms with Crippen LogP contribution < -0.4 is 5.32 Å². The summed E-state index contributed by atoms with van der Waals surface area (Å²) in [5.74, 6) is -2.60. The zero-order valence-corrected chi connectivity index (χ0v) is 12.7. The van der Waals surface area contributed by atoms with Gasteiger partial charge in [-0.25, -0.2) is 13.9 Å². The Bertz CT molecular complexity index is 817. The summed E-state index contributed by atoms with van der Waals surface area (Å²) in [4.78, 5) is 3.55. The first kappa shape index (κ1) is 18.6. The van der Waals surface area contributed by atoms with Crippen LogP contribution >= 0.6 is 0 Å². The molecule has 1 saturated heterocycles. The summed E-state index contributed by atoms with van der Waals surface area (Å²) in [6.07, 6.45) is -11.3. The van der Waals surface area contributed by atoms with Crippen LogP contribution in [0.1, 0.15) is 17.7 Å². The fraction of sp³-hybridized carbons (Fsp3) is 0.538. The van der Waals surface area contributed by atoms with Crippen LogP contribution in [0.5, 0.6) is 0 Å². The second kappa shape index (κ2) is 6.23. The average Bonchev–Trinajstić information content (AvgIpc) is 2.82. The zero-order valence-electron chi connectivity index (χ0n) is 12.7. The van der Waals surface area contributed by atoms with Crippen molar-refractivity contribution in [1.82, 2.24) is 14.6 Å². The van der Waals surface area contributed by atoms with E-state index in [2.05, 4.69) is 15.4 Å². The van der Waals surface area contributed by atoms with Crippen LogP contribution in [0.3, 0.4) is 0 Å². The van der Waals surface area contributed by atoms with Gasteiger partial charge >= 0.3 is 12.4 Å². The molecule has 144 valence electrons. The smallest absolute Gasteiger partial charge is 0.389 e. The summed E-state index contributed by atoms with van der Waals surface area (Å²) in [7, 11) is 0. The molecule has 3 heterocycles. The number of nitrogens with zero attached hydrogens (tertiary/aromatic N) is 3. The van der Waals surface area contributed by atoms with Crippen molar-refractivity contribution >= 4 is 11.5 Å². The van der Waals surface area contributed by atoms with E-state index in [9.17, 15) is 35.8 Å². The third kappa shape index (κ3) is 3.28. The van der Waals surface area contributed by atoms with E-state index in [0.29, 0.717) is 6.20 Å². The summed E-state index contributed by atoms with van der Waals surface area (Å²) in [6.45, 7) is 0.214. The minimum atomic E-state index is -5.58. The fourth-order valence-corrected chi connectivity index (χ4v) is 2.65. The lowest BCUT2D eigenvalue weighted by Gasteiger charge is -2.28. The van der Waals surface area contributed by atoms with Crippen molar-refractivity contribution < 1.29 is 40.6 Å². The maximum atomic E-state index is 14.0. The highest BCUT2D eigenvalue weighted by Gasteiger charge is 2.50. The number of aliphatic hydroxyl groups excluding tert-OH is 1. The molecule has 1 aliphatic rings. The number of nitrogens with one attached hydrogen (secondary N) is 1. The van der Waals surface area contributed by atoms with E-state index in [1.165, 1.54) is 0 Å². The molecule has 0 radical (unpaired) electrons. The molecule has 2 aromatic heterocycles. The highest BCUT2D eigenvalue weighted by Crippen LogP contribution is 2.43. The number of rotatable bonds is 2. The second-order valence-corrected chi connectivity index (χ2v) is 5.59. The number of aromatic nitrogens is 3. The first-order valence-corrected chi connectivity index (χ1v) is 7.24. The Kier molecular flexibility index (Phi) is 4.46. The Balaban J connectivity index is 2.11. The molecule has 1 fully saturated rings. The Morgan fingerprint density at radius 2 is 1.88 bits per heavy atom. The van der Waals surface area contributed by atoms with Gasteiger partial charge in [-0.15, -0.1) is 5.10 Å². The predicted octanol–water partition coefficient (Wildman–Crippen LogP) is 2.47. The van der Waals surface area contributed by atoms with E-state index in [4.69, 9.17) is 4.74 Å². The van der Waals surface area contributed by atoms with E-state index >= 15 is 0 Å². The largest absolute Gasteiger partial charge is 0.434 e. The van der Waals surface area contributed by atoms with Crippen molar-refractivity contribution in [3.8, 4) is 0 Å². The molecule has 2 aromatic rings. The first-order chi connectivity index (χ1) is 12.0. The molecule has 0 aromatic carbocycles. The van der Waals surface area contributed by atoms with Crippen LogP contribution in [0.15, 0.2) is 6.20 Å². The van der Waals surface area contributed by atoms with E-state index in [-0.39, 0.29) is 24.1 Å². The van der Waals surface area contributed by atoms with Crippen molar-refractivity contribution in [2.75, 3.05) is 18.5 Å². The number of fused-ring (bicyclic) bond motifs is 1. The quantitative estimate of drug-likeness (QED) is 0.774. The second-order valence-electron chi connectivity index (χ2n) is 5.59. The molecule has 13 heteroatoms. The van der Waals surface area contributed by atoms with Gasteiger partial charge in [0, 0.05) is 6.61 Å². The average molecular weight is 388 g/mol. The SMILES string of the molecule is O[C@@H]1COCC[C@H]1Nc1ncc2c(F)c(C(F)(F)F)c(C(F)(F)F)n2n1. The lowest BCUT2D eigenvalue weighted by atomic mass is 10.1. The zero-order chi connectivity index (χ0) is 19.3. The molecule has 0 saturated carbocycles. The van der Waals surface area contributed by atoms with Crippen molar-refractivity contribution in [3.05, 3.63) is 23.3 Å². The summed E-state index contributed by atoms with van der Waals surface area (Å²) >= 11 is 0. The first-order valence-electron chi connectivity index (χ1n) is 7.24. The Labute approximate surface area is 140 Å². The molecule has 2 atom stereocenters. The molecule has 0 spiro atoms. The Morgan fingerprint density at radius 3 is 2.46 bits per heavy atom. The number of alkyl halides is 6. The number of hydrogen-bond acceptors (Lipinski definition) is 5. The van der Waals surface area contributed by atoms with Gasteiger partial charge in [-0.3, -0.25) is 0 Å². The van der Waals surface area contributed by atoms with Gasteiger partial charge in [0.1, 0.15) is 11.1 Å². The van der Waals surface area contributed by atoms with Gasteiger partial charge in [-0.1, -0.05) is 0 Å². The summed E-state index contributed by atoms with van der Waals surface area (Å²) in [5.41, 5.74) is -5.80. The number of ether oxygens (including phenoxy) is 1. The van der Waals surface area contributed by atoms with E-state index in [1.54, 1.807) is 0 Å². The van der Waals surface area contributed by atoms with Gasteiger partial charge in [0.05, 0.1) is 24.9 Å². The van der Waals surface area contributed by atoms with Crippen LogP contribution in [0.25, 0.3) is 5.52 Å². The number of hydrogen-bond donors (Lipinski definition) is 2. The number of halogens is 7. The molecular formula is C13H11F7N4O2. The van der Waals surface area contributed by atoms with Crippen LogP contribution in [-0.4, -0.2) is 45.1 Å². The van der Waals surface area contributed by atoms with Gasteiger partial charge in [0.2, 0.25) is 5.95 Å². The van der Waals surface area contributed by atoms with Gasteiger partial charge in [0.25, 0.3) is 0 Å². The van der Waals surface area contributed by atoms with Gasteiger partial charge in [0.15, 0.2) is 11.5 Å². The standard InChI is InChI=1S/C13H11F7N4O2/c14-9-6-3-21-11(22-5-1-2-26-4-7(5)25)23-24(6)10(13(18,19)20)8(9)12(15,16)17/h3,5,7,25H,1-2,4H2,(H,22,23)/t5-,7-/m1/s1. The lowest BCUT2D eigenvalue weighted by molar-refractivity contribution is -0.166. The van der Waals surface area contributed by atoms with E-state index in [1.807, 2.05) is 0 Å². The summed E-state index contributed by atoms with van der Waals surface area (Å²) in [5, 5.41) is 15.6. The van der Waals surface area contributed by atoms with Gasteiger partial charge < -0.3 is 15.2 Å². The van der Waals surface area contributed by atoms with Gasteiger partial charge in [-0.2, -0.15) is 26.3 Å². The fourth-order valence-electron chi connectivity index (χ4n) is 2.65. The highest BCUT2D eigenvalue weighted by atomic mass is 19.4. The minimum absolute atomic E-state index is 0.0376. The molecule has 2 N–H and O–H groups in total. The molecule has 26 heavy (non-hydrogen) atoms. The monoisotopic (exact) mass is 388 g/mol. The van der Waals surface area contributed by atoms with Crippen molar-refractivity contribution in [2.24, 2.45) is 0 Å². The third-order valence-corrected chi connectivity index (χ3v) is 3.82. The van der Waals surface area contributed by atoms with Crippen LogP contribution in [0.2, 0.25) is 0 Å². The minimum Gasteiger partial charge on any atom is -0.389 e. The molecule has 0 bridgehead atoms. The van der Waals surface area contributed by atoms with Crippen molar-refractivity contribution in [2.45, 2.75) is 30.9 Å². The van der Waals surface area contributed by atoms with Crippen LogP contribution in [0.4, 0.5) is 36.7 Å².